The van der Waals surface area contributed by atoms with Crippen LogP contribution in [0.3, 0.4) is 0 Å². The Labute approximate surface area is 143 Å². The van der Waals surface area contributed by atoms with Gasteiger partial charge in [0.2, 0.25) is 0 Å². The number of fused-ring (bicyclic) bond motifs is 1. The Morgan fingerprint density at radius 2 is 2.00 bits per heavy atom. The number of likely N-dealkylation sites (N-methyl/N-ethyl adjacent to an activating group) is 1. The SMILES string of the molecule is Cc1cc(C)c2c(N3CCC[C@](O)(CN(C)C)CC3)ncnc2n1. The van der Waals surface area contributed by atoms with Crippen molar-refractivity contribution in [3.05, 3.63) is 23.7 Å². The first-order valence-electron chi connectivity index (χ1n) is 8.59. The standard InChI is InChI=1S/C18H27N5O/c1-13-10-14(2)21-16-15(13)17(20-12-19-16)23-8-5-6-18(24,7-9-23)11-22(3)4/h10,12,24H,5-9,11H2,1-4H3/t18-/m1/s1. The normalized spacial score (nSPS) is 22.2. The molecule has 6 nitrogen and oxygen atoms in total. The molecule has 3 rings (SSSR count). The molecule has 0 unspecified atom stereocenters. The van der Waals surface area contributed by atoms with Gasteiger partial charge in [0.25, 0.3) is 0 Å². The molecule has 0 aliphatic carbocycles. The molecule has 130 valence electrons. The van der Waals surface area contributed by atoms with Crippen molar-refractivity contribution >= 4 is 16.9 Å². The highest BCUT2D eigenvalue weighted by Gasteiger charge is 2.31. The number of aromatic nitrogens is 3. The quantitative estimate of drug-likeness (QED) is 0.928. The highest BCUT2D eigenvalue weighted by molar-refractivity contribution is 5.90. The first-order valence-corrected chi connectivity index (χ1v) is 8.59. The topological polar surface area (TPSA) is 65.4 Å². The van der Waals surface area contributed by atoms with Crippen LogP contribution in [0.4, 0.5) is 5.82 Å². The molecule has 1 atom stereocenters. The molecule has 6 heteroatoms. The molecule has 0 bridgehead atoms. The first-order chi connectivity index (χ1) is 11.4. The number of pyridine rings is 1. The van der Waals surface area contributed by atoms with Gasteiger partial charge in [0, 0.05) is 25.3 Å². The lowest BCUT2D eigenvalue weighted by molar-refractivity contribution is 0.00537. The van der Waals surface area contributed by atoms with Crippen molar-refractivity contribution in [3.8, 4) is 0 Å². The molecule has 1 aliphatic heterocycles. The lowest BCUT2D eigenvalue weighted by Crippen LogP contribution is -2.41. The maximum Gasteiger partial charge on any atom is 0.165 e. The van der Waals surface area contributed by atoms with E-state index in [1.165, 1.54) is 0 Å². The third-order valence-corrected chi connectivity index (χ3v) is 4.74. The largest absolute Gasteiger partial charge is 0.388 e. The lowest BCUT2D eigenvalue weighted by Gasteiger charge is -2.30. The molecule has 2 aromatic rings. The number of hydrogen-bond donors (Lipinski definition) is 1. The second-order valence-corrected chi connectivity index (χ2v) is 7.28. The van der Waals surface area contributed by atoms with Gasteiger partial charge in [-0.3, -0.25) is 0 Å². The molecule has 1 saturated heterocycles. The van der Waals surface area contributed by atoms with E-state index >= 15 is 0 Å². The van der Waals surface area contributed by atoms with Crippen molar-refractivity contribution in [2.45, 2.75) is 38.7 Å². The summed E-state index contributed by atoms with van der Waals surface area (Å²) in [7, 11) is 4.02. The molecule has 1 aliphatic rings. The van der Waals surface area contributed by atoms with E-state index in [2.05, 4.69) is 37.7 Å². The van der Waals surface area contributed by atoms with Crippen LogP contribution >= 0.6 is 0 Å². The number of rotatable bonds is 3. The van der Waals surface area contributed by atoms with Gasteiger partial charge < -0.3 is 14.9 Å². The van der Waals surface area contributed by atoms with Crippen LogP contribution in [-0.2, 0) is 0 Å². The zero-order chi connectivity index (χ0) is 17.3. The molecule has 3 heterocycles. The van der Waals surface area contributed by atoms with Crippen LogP contribution in [0.5, 0.6) is 0 Å². The molecule has 1 fully saturated rings. The maximum absolute atomic E-state index is 10.9. The average molecular weight is 329 g/mol. The Balaban J connectivity index is 1.91. The van der Waals surface area contributed by atoms with Crippen LogP contribution in [0.25, 0.3) is 11.0 Å². The predicted molar refractivity (Wildman–Crippen MR) is 96.4 cm³/mol. The Morgan fingerprint density at radius 3 is 2.75 bits per heavy atom. The van der Waals surface area contributed by atoms with E-state index in [0.29, 0.717) is 6.54 Å². The fourth-order valence-electron chi connectivity index (χ4n) is 3.77. The molecule has 0 radical (unpaired) electrons. The van der Waals surface area contributed by atoms with Gasteiger partial charge in [-0.1, -0.05) is 0 Å². The number of hydrogen-bond acceptors (Lipinski definition) is 6. The minimum Gasteiger partial charge on any atom is -0.388 e. The number of nitrogens with zero attached hydrogens (tertiary/aromatic N) is 5. The van der Waals surface area contributed by atoms with Gasteiger partial charge in [-0.15, -0.1) is 0 Å². The second-order valence-electron chi connectivity index (χ2n) is 7.28. The van der Waals surface area contributed by atoms with Gasteiger partial charge in [-0.25, -0.2) is 15.0 Å². The summed E-state index contributed by atoms with van der Waals surface area (Å²) in [5, 5.41) is 11.9. The van der Waals surface area contributed by atoms with Gasteiger partial charge in [0.15, 0.2) is 5.65 Å². The van der Waals surface area contributed by atoms with Gasteiger partial charge in [0.05, 0.1) is 11.0 Å². The molecule has 1 N–H and O–H groups in total. The Morgan fingerprint density at radius 1 is 1.21 bits per heavy atom. The third-order valence-electron chi connectivity index (χ3n) is 4.74. The molecule has 0 aromatic carbocycles. The van der Waals surface area contributed by atoms with Crippen LogP contribution in [0.15, 0.2) is 12.4 Å². The van der Waals surface area contributed by atoms with Crippen molar-refractivity contribution in [3.63, 3.8) is 0 Å². The summed E-state index contributed by atoms with van der Waals surface area (Å²) >= 11 is 0. The van der Waals surface area contributed by atoms with E-state index in [1.54, 1.807) is 6.33 Å². The van der Waals surface area contributed by atoms with Crippen molar-refractivity contribution in [1.82, 2.24) is 19.9 Å². The second kappa shape index (κ2) is 6.61. The van der Waals surface area contributed by atoms with E-state index in [-0.39, 0.29) is 0 Å². The molecule has 24 heavy (non-hydrogen) atoms. The monoisotopic (exact) mass is 329 g/mol. The van der Waals surface area contributed by atoms with E-state index in [1.807, 2.05) is 21.0 Å². The van der Waals surface area contributed by atoms with Gasteiger partial charge in [-0.05, 0) is 58.8 Å². The average Bonchev–Trinajstić information content (AvgIpc) is 2.67. The summed E-state index contributed by atoms with van der Waals surface area (Å²) in [5.74, 6) is 0.944. The van der Waals surface area contributed by atoms with Crippen LogP contribution in [0, 0.1) is 13.8 Å². The molecule has 0 saturated carbocycles. The van der Waals surface area contributed by atoms with Crippen LogP contribution in [-0.4, -0.2) is 64.3 Å². The van der Waals surface area contributed by atoms with Crippen LogP contribution < -0.4 is 4.90 Å². The van der Waals surface area contributed by atoms with E-state index in [9.17, 15) is 5.11 Å². The molecule has 0 spiro atoms. The summed E-state index contributed by atoms with van der Waals surface area (Å²) in [5.41, 5.74) is 2.26. The van der Waals surface area contributed by atoms with Crippen molar-refractivity contribution in [1.29, 1.82) is 0 Å². The summed E-state index contributed by atoms with van der Waals surface area (Å²) < 4.78 is 0. The van der Waals surface area contributed by atoms with Crippen LogP contribution in [0.1, 0.15) is 30.5 Å². The zero-order valence-corrected chi connectivity index (χ0v) is 15.1. The summed E-state index contributed by atoms with van der Waals surface area (Å²) in [6, 6.07) is 2.08. The maximum atomic E-state index is 10.9. The Bertz CT molecular complexity index is 733. The number of aryl methyl sites for hydroxylation is 2. The summed E-state index contributed by atoms with van der Waals surface area (Å²) in [6.45, 7) is 6.47. The smallest absolute Gasteiger partial charge is 0.165 e. The Kier molecular flexibility index (Phi) is 4.69. The van der Waals surface area contributed by atoms with Gasteiger partial charge >= 0.3 is 0 Å². The number of anilines is 1. The zero-order valence-electron chi connectivity index (χ0n) is 15.1. The highest BCUT2D eigenvalue weighted by atomic mass is 16.3. The van der Waals surface area contributed by atoms with Gasteiger partial charge in [0.1, 0.15) is 12.1 Å². The number of aliphatic hydroxyl groups is 1. The Hall–Kier alpha value is -1.79. The summed E-state index contributed by atoms with van der Waals surface area (Å²) in [4.78, 5) is 17.8. The van der Waals surface area contributed by atoms with Crippen molar-refractivity contribution in [2.24, 2.45) is 0 Å². The third kappa shape index (κ3) is 3.49. The highest BCUT2D eigenvalue weighted by Crippen LogP contribution is 2.30. The van der Waals surface area contributed by atoms with E-state index in [4.69, 9.17) is 0 Å². The lowest BCUT2D eigenvalue weighted by atomic mass is 9.94. The fourth-order valence-corrected chi connectivity index (χ4v) is 3.77. The fraction of sp³-hybridized carbons (Fsp3) is 0.611. The van der Waals surface area contributed by atoms with Gasteiger partial charge in [-0.2, -0.15) is 0 Å². The molecule has 2 aromatic heterocycles. The summed E-state index contributed by atoms with van der Waals surface area (Å²) in [6.07, 6.45) is 4.12. The van der Waals surface area contributed by atoms with E-state index < -0.39 is 5.60 Å². The van der Waals surface area contributed by atoms with Crippen LogP contribution in [0.2, 0.25) is 0 Å². The van der Waals surface area contributed by atoms with Crippen molar-refractivity contribution in [2.75, 3.05) is 38.6 Å². The molecular weight excluding hydrogens is 302 g/mol. The molecule has 0 amide bonds. The molecular formula is C18H27N5O. The first kappa shape index (κ1) is 17.0. The minimum absolute atomic E-state index is 0.620. The van der Waals surface area contributed by atoms with E-state index in [0.717, 1.165) is 60.5 Å². The van der Waals surface area contributed by atoms with Crippen molar-refractivity contribution < 1.29 is 5.11 Å². The predicted octanol–water partition coefficient (Wildman–Crippen LogP) is 1.92. The minimum atomic E-state index is -0.620.